The SMILES string of the molecule is CCNC(=NCc1ccc(OCCCN(C)C)cc1)N(C)CCOCC1CC1.I. The molecule has 0 unspecified atom stereocenters. The lowest BCUT2D eigenvalue weighted by Gasteiger charge is -2.22. The van der Waals surface area contributed by atoms with Crippen molar-refractivity contribution in [2.45, 2.75) is 32.7 Å². The van der Waals surface area contributed by atoms with E-state index in [9.17, 15) is 0 Å². The van der Waals surface area contributed by atoms with E-state index in [-0.39, 0.29) is 24.0 Å². The molecule has 1 N–H and O–H groups in total. The third-order valence-electron chi connectivity index (χ3n) is 4.67. The van der Waals surface area contributed by atoms with Crippen LogP contribution in [-0.4, -0.2) is 76.4 Å². The first kappa shape index (κ1) is 26.0. The highest BCUT2D eigenvalue weighted by atomic mass is 127. The zero-order valence-corrected chi connectivity index (χ0v) is 20.9. The average Bonchev–Trinajstić information content (AvgIpc) is 3.51. The molecule has 7 heteroatoms. The van der Waals surface area contributed by atoms with E-state index in [0.717, 1.165) is 63.5 Å². The van der Waals surface area contributed by atoms with Gasteiger partial charge in [-0.05, 0) is 63.9 Å². The highest BCUT2D eigenvalue weighted by Crippen LogP contribution is 2.28. The fourth-order valence-electron chi connectivity index (χ4n) is 2.74. The fraction of sp³-hybridized carbons (Fsp3) is 0.682. The van der Waals surface area contributed by atoms with E-state index in [1.54, 1.807) is 0 Å². The lowest BCUT2D eigenvalue weighted by molar-refractivity contribution is 0.115. The molecule has 6 nitrogen and oxygen atoms in total. The number of ether oxygens (including phenoxy) is 2. The molecule has 1 aromatic carbocycles. The first-order valence-electron chi connectivity index (χ1n) is 10.5. The summed E-state index contributed by atoms with van der Waals surface area (Å²) in [6.45, 7) is 7.88. The van der Waals surface area contributed by atoms with Crippen molar-refractivity contribution in [1.82, 2.24) is 15.1 Å². The van der Waals surface area contributed by atoms with Gasteiger partial charge in [-0.15, -0.1) is 24.0 Å². The summed E-state index contributed by atoms with van der Waals surface area (Å²) in [5.41, 5.74) is 1.18. The minimum Gasteiger partial charge on any atom is -0.494 e. The molecular formula is C22H39IN4O2. The first-order chi connectivity index (χ1) is 13.6. The van der Waals surface area contributed by atoms with E-state index in [1.807, 2.05) is 12.1 Å². The van der Waals surface area contributed by atoms with Crippen LogP contribution in [0.1, 0.15) is 31.7 Å². The Morgan fingerprint density at radius 3 is 2.45 bits per heavy atom. The minimum absolute atomic E-state index is 0. The fourth-order valence-corrected chi connectivity index (χ4v) is 2.74. The van der Waals surface area contributed by atoms with E-state index in [0.29, 0.717) is 6.54 Å². The summed E-state index contributed by atoms with van der Waals surface area (Å²) in [5.74, 6) is 2.65. The van der Waals surface area contributed by atoms with Crippen LogP contribution >= 0.6 is 24.0 Å². The normalized spacial score (nSPS) is 13.9. The van der Waals surface area contributed by atoms with Crippen LogP contribution < -0.4 is 10.1 Å². The van der Waals surface area contributed by atoms with E-state index in [1.165, 1.54) is 18.4 Å². The molecule has 2 rings (SSSR count). The van der Waals surface area contributed by atoms with Gasteiger partial charge >= 0.3 is 0 Å². The van der Waals surface area contributed by atoms with Crippen LogP contribution in [0.4, 0.5) is 0 Å². The molecule has 0 heterocycles. The predicted molar refractivity (Wildman–Crippen MR) is 132 cm³/mol. The van der Waals surface area contributed by atoms with E-state index in [4.69, 9.17) is 14.5 Å². The number of guanidine groups is 1. The van der Waals surface area contributed by atoms with Crippen molar-refractivity contribution in [3.63, 3.8) is 0 Å². The molecule has 29 heavy (non-hydrogen) atoms. The number of benzene rings is 1. The lowest BCUT2D eigenvalue weighted by Crippen LogP contribution is -2.40. The summed E-state index contributed by atoms with van der Waals surface area (Å²) in [5, 5.41) is 3.36. The third kappa shape index (κ3) is 11.6. The Morgan fingerprint density at radius 1 is 1.10 bits per heavy atom. The summed E-state index contributed by atoms with van der Waals surface area (Å²) in [4.78, 5) is 9.07. The molecule has 1 aliphatic carbocycles. The van der Waals surface area contributed by atoms with Crippen LogP contribution in [0.2, 0.25) is 0 Å². The maximum atomic E-state index is 5.79. The monoisotopic (exact) mass is 518 g/mol. The summed E-state index contributed by atoms with van der Waals surface area (Å²) >= 11 is 0. The Kier molecular flexibility index (Phi) is 13.3. The van der Waals surface area contributed by atoms with Crippen molar-refractivity contribution in [3.05, 3.63) is 29.8 Å². The molecule has 0 amide bonds. The Hall–Kier alpha value is -1.06. The van der Waals surface area contributed by atoms with Crippen LogP contribution in [0.15, 0.2) is 29.3 Å². The van der Waals surface area contributed by atoms with Gasteiger partial charge in [0.2, 0.25) is 0 Å². The average molecular weight is 518 g/mol. The Bertz CT molecular complexity index is 577. The lowest BCUT2D eigenvalue weighted by atomic mass is 10.2. The van der Waals surface area contributed by atoms with Gasteiger partial charge in [-0.25, -0.2) is 4.99 Å². The molecule has 1 fully saturated rings. The number of aliphatic imine (C=N–C) groups is 1. The van der Waals surface area contributed by atoms with Gasteiger partial charge in [0, 0.05) is 33.3 Å². The maximum absolute atomic E-state index is 5.79. The van der Waals surface area contributed by atoms with Crippen molar-refractivity contribution in [1.29, 1.82) is 0 Å². The molecule has 166 valence electrons. The number of halogens is 1. The van der Waals surface area contributed by atoms with Crippen molar-refractivity contribution < 1.29 is 9.47 Å². The van der Waals surface area contributed by atoms with Crippen LogP contribution in [0.3, 0.4) is 0 Å². The quantitative estimate of drug-likeness (QED) is 0.188. The number of rotatable bonds is 13. The third-order valence-corrected chi connectivity index (χ3v) is 4.67. The zero-order chi connectivity index (χ0) is 20.2. The zero-order valence-electron chi connectivity index (χ0n) is 18.5. The van der Waals surface area contributed by atoms with Crippen molar-refractivity contribution in [3.8, 4) is 5.75 Å². The first-order valence-corrected chi connectivity index (χ1v) is 10.5. The van der Waals surface area contributed by atoms with Gasteiger partial charge < -0.3 is 24.6 Å². The number of hydrogen-bond acceptors (Lipinski definition) is 4. The number of likely N-dealkylation sites (N-methyl/N-ethyl adjacent to an activating group) is 1. The molecule has 1 aromatic rings. The maximum Gasteiger partial charge on any atom is 0.194 e. The number of nitrogens with one attached hydrogen (secondary N) is 1. The molecule has 0 bridgehead atoms. The van der Waals surface area contributed by atoms with Crippen LogP contribution in [0.5, 0.6) is 5.75 Å². The van der Waals surface area contributed by atoms with Crippen molar-refractivity contribution >= 4 is 29.9 Å². The largest absolute Gasteiger partial charge is 0.494 e. The molecular weight excluding hydrogens is 479 g/mol. The van der Waals surface area contributed by atoms with E-state index >= 15 is 0 Å². The van der Waals surface area contributed by atoms with Gasteiger partial charge in [0.05, 0.1) is 19.8 Å². The summed E-state index contributed by atoms with van der Waals surface area (Å²) in [6.07, 6.45) is 3.70. The van der Waals surface area contributed by atoms with Crippen LogP contribution in [0.25, 0.3) is 0 Å². The van der Waals surface area contributed by atoms with Crippen LogP contribution in [-0.2, 0) is 11.3 Å². The standard InChI is InChI=1S/C22H38N4O2.HI/c1-5-23-22(26(4)14-16-27-18-20-7-8-20)24-17-19-9-11-21(12-10-19)28-15-6-13-25(2)3;/h9-12,20H,5-8,13-18H2,1-4H3,(H,23,24);1H. The summed E-state index contributed by atoms with van der Waals surface area (Å²) in [6, 6.07) is 8.24. The Labute approximate surface area is 194 Å². The number of hydrogen-bond donors (Lipinski definition) is 1. The minimum atomic E-state index is 0. The van der Waals surface area contributed by atoms with Crippen LogP contribution in [0, 0.1) is 5.92 Å². The Balaban J connectivity index is 0.00000420. The highest BCUT2D eigenvalue weighted by Gasteiger charge is 2.21. The molecule has 0 aliphatic heterocycles. The van der Waals surface area contributed by atoms with E-state index in [2.05, 4.69) is 55.3 Å². The molecule has 0 saturated heterocycles. The van der Waals surface area contributed by atoms with Gasteiger partial charge in [-0.2, -0.15) is 0 Å². The van der Waals surface area contributed by atoms with Gasteiger partial charge in [-0.1, -0.05) is 12.1 Å². The second-order valence-corrected chi connectivity index (χ2v) is 7.76. The number of nitrogens with zero attached hydrogens (tertiary/aromatic N) is 3. The second kappa shape index (κ2) is 14.8. The summed E-state index contributed by atoms with van der Waals surface area (Å²) in [7, 11) is 6.22. The van der Waals surface area contributed by atoms with Crippen molar-refractivity contribution in [2.24, 2.45) is 10.9 Å². The smallest absolute Gasteiger partial charge is 0.194 e. The molecule has 0 radical (unpaired) electrons. The molecule has 0 aromatic heterocycles. The molecule has 1 aliphatic rings. The second-order valence-electron chi connectivity index (χ2n) is 7.76. The topological polar surface area (TPSA) is 49.3 Å². The summed E-state index contributed by atoms with van der Waals surface area (Å²) < 4.78 is 11.5. The molecule has 1 saturated carbocycles. The van der Waals surface area contributed by atoms with Gasteiger partial charge in [0.25, 0.3) is 0 Å². The van der Waals surface area contributed by atoms with Crippen molar-refractivity contribution in [2.75, 3.05) is 60.6 Å². The van der Waals surface area contributed by atoms with Gasteiger partial charge in [0.1, 0.15) is 5.75 Å². The molecule has 0 spiro atoms. The molecule has 0 atom stereocenters. The Morgan fingerprint density at radius 2 is 1.83 bits per heavy atom. The van der Waals surface area contributed by atoms with Gasteiger partial charge in [-0.3, -0.25) is 0 Å². The predicted octanol–water partition coefficient (Wildman–Crippen LogP) is 3.46. The van der Waals surface area contributed by atoms with E-state index < -0.39 is 0 Å². The van der Waals surface area contributed by atoms with Gasteiger partial charge in [0.15, 0.2) is 5.96 Å². The highest BCUT2D eigenvalue weighted by molar-refractivity contribution is 14.0.